The van der Waals surface area contributed by atoms with Crippen LogP contribution in [0.25, 0.3) is 0 Å². The average Bonchev–Trinajstić information content (AvgIpc) is 2.83. The molecular formula is C26H30N6O4S. The number of aliphatic hydroxyl groups excluding tert-OH is 1. The van der Waals surface area contributed by atoms with Crippen molar-refractivity contribution in [1.29, 1.82) is 0 Å². The van der Waals surface area contributed by atoms with Gasteiger partial charge in [0.1, 0.15) is 11.6 Å². The van der Waals surface area contributed by atoms with Gasteiger partial charge >= 0.3 is 6.03 Å². The SMILES string of the molecule is CC(C)NC(=O)N=S(C)(=O)c1cccc(Nc2ncc(C#Cc3cccc(O)c3)c(N[C@H](C)CO)n2)c1. The lowest BCUT2D eigenvalue weighted by Gasteiger charge is -2.14. The van der Waals surface area contributed by atoms with E-state index in [0.29, 0.717) is 27.5 Å². The van der Waals surface area contributed by atoms with E-state index in [1.165, 1.54) is 12.5 Å². The molecule has 0 spiro atoms. The van der Waals surface area contributed by atoms with Crippen molar-refractivity contribution in [3.8, 4) is 17.6 Å². The van der Waals surface area contributed by atoms with Crippen LogP contribution in [0.2, 0.25) is 0 Å². The van der Waals surface area contributed by atoms with Gasteiger partial charge in [-0.3, -0.25) is 0 Å². The normalized spacial score (nSPS) is 13.0. The van der Waals surface area contributed by atoms with Crippen LogP contribution >= 0.6 is 0 Å². The van der Waals surface area contributed by atoms with Gasteiger partial charge in [-0.25, -0.2) is 14.0 Å². The molecule has 194 valence electrons. The number of rotatable bonds is 7. The van der Waals surface area contributed by atoms with Crippen LogP contribution in [0.1, 0.15) is 31.9 Å². The molecule has 0 fully saturated rings. The molecule has 2 atom stereocenters. The second-order valence-corrected chi connectivity index (χ2v) is 10.9. The first kappa shape index (κ1) is 27.4. The maximum absolute atomic E-state index is 13.1. The molecule has 0 aliphatic rings. The molecule has 5 N–H and O–H groups in total. The van der Waals surface area contributed by atoms with E-state index in [0.717, 1.165) is 0 Å². The van der Waals surface area contributed by atoms with Crippen molar-refractivity contribution in [2.24, 2.45) is 4.36 Å². The highest BCUT2D eigenvalue weighted by Gasteiger charge is 2.13. The number of amides is 2. The molecule has 0 aliphatic heterocycles. The third kappa shape index (κ3) is 8.20. The highest BCUT2D eigenvalue weighted by molar-refractivity contribution is 7.93. The average molecular weight is 523 g/mol. The molecule has 1 heterocycles. The Morgan fingerprint density at radius 3 is 2.59 bits per heavy atom. The molecule has 10 nitrogen and oxygen atoms in total. The summed E-state index contributed by atoms with van der Waals surface area (Å²) in [5, 5.41) is 27.9. The third-order valence-electron chi connectivity index (χ3n) is 4.83. The van der Waals surface area contributed by atoms with E-state index in [1.54, 1.807) is 69.3 Å². The second-order valence-electron chi connectivity index (χ2n) is 8.64. The van der Waals surface area contributed by atoms with E-state index in [-0.39, 0.29) is 30.4 Å². The lowest BCUT2D eigenvalue weighted by atomic mass is 10.2. The Morgan fingerprint density at radius 1 is 1.14 bits per heavy atom. The van der Waals surface area contributed by atoms with E-state index >= 15 is 0 Å². The minimum absolute atomic E-state index is 0.112. The number of anilines is 3. The van der Waals surface area contributed by atoms with Crippen LogP contribution in [0.3, 0.4) is 0 Å². The summed E-state index contributed by atoms with van der Waals surface area (Å²) in [6.07, 6.45) is 2.94. The Labute approximate surface area is 216 Å². The van der Waals surface area contributed by atoms with Crippen LogP contribution < -0.4 is 16.0 Å². The van der Waals surface area contributed by atoms with E-state index in [9.17, 15) is 19.2 Å². The van der Waals surface area contributed by atoms with Crippen molar-refractivity contribution in [3.63, 3.8) is 0 Å². The first-order valence-electron chi connectivity index (χ1n) is 11.5. The molecule has 0 saturated carbocycles. The molecule has 0 radical (unpaired) electrons. The number of aromatic nitrogens is 2. The Hall–Kier alpha value is -4.14. The number of urea groups is 1. The zero-order chi connectivity index (χ0) is 27.0. The molecule has 3 aromatic rings. The summed E-state index contributed by atoms with van der Waals surface area (Å²) >= 11 is 0. The maximum Gasteiger partial charge on any atom is 0.349 e. The van der Waals surface area contributed by atoms with Crippen molar-refractivity contribution in [2.45, 2.75) is 37.8 Å². The molecule has 2 aromatic carbocycles. The Balaban J connectivity index is 1.90. The zero-order valence-electron chi connectivity index (χ0n) is 21.0. The fourth-order valence-corrected chi connectivity index (χ4v) is 4.22. The van der Waals surface area contributed by atoms with Crippen LogP contribution in [0.5, 0.6) is 5.75 Å². The molecule has 1 unspecified atom stereocenters. The number of aliphatic hydroxyl groups is 1. The van der Waals surface area contributed by atoms with Crippen molar-refractivity contribution in [1.82, 2.24) is 15.3 Å². The van der Waals surface area contributed by atoms with E-state index in [2.05, 4.69) is 42.1 Å². The predicted octanol–water partition coefficient (Wildman–Crippen LogP) is 3.69. The quantitative estimate of drug-likeness (QED) is 0.295. The minimum atomic E-state index is -2.98. The lowest BCUT2D eigenvalue weighted by Crippen LogP contribution is -2.28. The predicted molar refractivity (Wildman–Crippen MR) is 144 cm³/mol. The van der Waals surface area contributed by atoms with Crippen LogP contribution in [-0.4, -0.2) is 55.4 Å². The number of carbonyl (C=O) groups is 1. The first-order valence-corrected chi connectivity index (χ1v) is 13.4. The summed E-state index contributed by atoms with van der Waals surface area (Å²) in [4.78, 5) is 21.2. The standard InChI is InChI=1S/C26H30N6O4S/c1-17(2)28-26(35)32-37(4,36)23-10-6-8-21(14-23)30-25-27-15-20(24(31-25)29-18(3)16-33)12-11-19-7-5-9-22(34)13-19/h5-10,13-15,17-18,33-34H,16H2,1-4H3,(H,28,35)(H2,27,29,30,31)/t18-,37?/m1/s1. The maximum atomic E-state index is 13.1. The van der Waals surface area contributed by atoms with Crippen molar-refractivity contribution in [3.05, 3.63) is 65.9 Å². The molecule has 3 rings (SSSR count). The first-order chi connectivity index (χ1) is 17.6. The fourth-order valence-electron chi connectivity index (χ4n) is 3.07. The minimum Gasteiger partial charge on any atom is -0.508 e. The van der Waals surface area contributed by atoms with E-state index in [1.807, 2.05) is 0 Å². The summed E-state index contributed by atoms with van der Waals surface area (Å²) in [5.41, 5.74) is 1.66. The van der Waals surface area contributed by atoms with Crippen LogP contribution in [-0.2, 0) is 9.73 Å². The molecule has 37 heavy (non-hydrogen) atoms. The number of carbonyl (C=O) groups excluding carboxylic acids is 1. The van der Waals surface area contributed by atoms with Gasteiger partial charge < -0.3 is 26.2 Å². The second kappa shape index (κ2) is 12.2. The van der Waals surface area contributed by atoms with Crippen LogP contribution in [0.4, 0.5) is 22.2 Å². The van der Waals surface area contributed by atoms with Gasteiger partial charge in [0, 0.05) is 34.5 Å². The van der Waals surface area contributed by atoms with Gasteiger partial charge in [-0.15, -0.1) is 4.36 Å². The largest absolute Gasteiger partial charge is 0.508 e. The smallest absolute Gasteiger partial charge is 0.349 e. The van der Waals surface area contributed by atoms with Gasteiger partial charge in [-0.05, 0) is 57.2 Å². The van der Waals surface area contributed by atoms with Gasteiger partial charge in [0.15, 0.2) is 0 Å². The molecule has 1 aromatic heterocycles. The Bertz CT molecular complexity index is 1450. The van der Waals surface area contributed by atoms with Crippen LogP contribution in [0, 0.1) is 11.8 Å². The monoisotopic (exact) mass is 522 g/mol. The number of phenolic OH excluding ortho intramolecular Hbond substituents is 1. The summed E-state index contributed by atoms with van der Waals surface area (Å²) in [7, 11) is -2.98. The van der Waals surface area contributed by atoms with Crippen molar-refractivity contribution in [2.75, 3.05) is 23.5 Å². The summed E-state index contributed by atoms with van der Waals surface area (Å²) in [5.74, 6) is 6.72. The number of nitrogens with one attached hydrogen (secondary N) is 3. The van der Waals surface area contributed by atoms with Gasteiger partial charge in [0.05, 0.1) is 28.1 Å². The number of phenols is 1. The number of aromatic hydroxyl groups is 1. The van der Waals surface area contributed by atoms with Gasteiger partial charge in [0.2, 0.25) is 5.95 Å². The van der Waals surface area contributed by atoms with Gasteiger partial charge in [-0.1, -0.05) is 24.0 Å². The highest BCUT2D eigenvalue weighted by Crippen LogP contribution is 2.22. The molecule has 11 heteroatoms. The van der Waals surface area contributed by atoms with Gasteiger partial charge in [0.25, 0.3) is 0 Å². The molecule has 0 aliphatic carbocycles. The Kier molecular flexibility index (Phi) is 9.05. The molecule has 2 amide bonds. The topological polar surface area (TPSA) is 149 Å². The number of benzene rings is 2. The number of hydrogen-bond acceptors (Lipinski definition) is 8. The third-order valence-corrected chi connectivity index (χ3v) is 6.47. The summed E-state index contributed by atoms with van der Waals surface area (Å²) in [6.45, 7) is 5.27. The van der Waals surface area contributed by atoms with Gasteiger partial charge in [-0.2, -0.15) is 4.98 Å². The number of hydrogen-bond donors (Lipinski definition) is 5. The van der Waals surface area contributed by atoms with E-state index < -0.39 is 15.8 Å². The number of nitrogens with zero attached hydrogens (tertiary/aromatic N) is 3. The van der Waals surface area contributed by atoms with Crippen molar-refractivity contribution < 1.29 is 19.2 Å². The molecular weight excluding hydrogens is 492 g/mol. The summed E-state index contributed by atoms with van der Waals surface area (Å²) in [6, 6.07) is 12.2. The summed E-state index contributed by atoms with van der Waals surface area (Å²) < 4.78 is 16.9. The zero-order valence-corrected chi connectivity index (χ0v) is 21.8. The van der Waals surface area contributed by atoms with Crippen LogP contribution in [0.15, 0.2) is 64.0 Å². The molecule has 0 saturated heterocycles. The van der Waals surface area contributed by atoms with E-state index in [4.69, 9.17) is 0 Å². The lowest BCUT2D eigenvalue weighted by molar-refractivity contribution is 0.247. The fraction of sp³-hybridized carbons (Fsp3) is 0.269. The molecule has 0 bridgehead atoms. The van der Waals surface area contributed by atoms with Crippen molar-refractivity contribution >= 4 is 33.2 Å². The Morgan fingerprint density at radius 2 is 1.89 bits per heavy atom. The highest BCUT2D eigenvalue weighted by atomic mass is 32.2.